The maximum atomic E-state index is 13.1. The third-order valence-corrected chi connectivity index (χ3v) is 5.44. The fourth-order valence-corrected chi connectivity index (χ4v) is 3.70. The first kappa shape index (κ1) is 18.9. The molecule has 0 bridgehead atoms. The van der Waals surface area contributed by atoms with Crippen LogP contribution in [0.5, 0.6) is 0 Å². The van der Waals surface area contributed by atoms with Gasteiger partial charge in [-0.05, 0) is 12.1 Å². The number of aromatic nitrogens is 2. The Bertz CT molecular complexity index is 867. The first-order valence-electron chi connectivity index (χ1n) is 9.56. The average Bonchev–Trinajstić information content (AvgIpc) is 3.18. The summed E-state index contributed by atoms with van der Waals surface area (Å²) in [7, 11) is 0. The van der Waals surface area contributed by atoms with Gasteiger partial charge in [-0.25, -0.2) is 4.98 Å². The zero-order valence-corrected chi connectivity index (χ0v) is 15.9. The van der Waals surface area contributed by atoms with Gasteiger partial charge in [0.05, 0.1) is 5.52 Å². The minimum absolute atomic E-state index is 0.190. The Kier molecular flexibility index (Phi) is 5.15. The lowest BCUT2D eigenvalue weighted by atomic mass is 10.2. The predicted octanol–water partition coefficient (Wildman–Crippen LogP) is -0.837. The van der Waals surface area contributed by atoms with Crippen LogP contribution in [-0.2, 0) is 9.59 Å². The molecule has 4 rings (SSSR count). The number of imidazole rings is 1. The van der Waals surface area contributed by atoms with Gasteiger partial charge in [-0.2, -0.15) is 0 Å². The SMILES string of the molecule is O=CN1CCN(C(=O)c2nc(C(=O)N3CCN(C=O)CC3)n3ccccc23)CC1. The Balaban J connectivity index is 1.60. The summed E-state index contributed by atoms with van der Waals surface area (Å²) in [5, 5.41) is 0. The number of fused-ring (bicyclic) bond motifs is 1. The molecule has 0 aliphatic carbocycles. The van der Waals surface area contributed by atoms with Gasteiger partial charge in [-0.3, -0.25) is 23.6 Å². The quantitative estimate of drug-likeness (QED) is 0.626. The van der Waals surface area contributed by atoms with Crippen LogP contribution in [0, 0.1) is 0 Å². The van der Waals surface area contributed by atoms with Crippen LogP contribution in [0.25, 0.3) is 5.52 Å². The largest absolute Gasteiger partial charge is 0.342 e. The fourth-order valence-electron chi connectivity index (χ4n) is 3.70. The topological polar surface area (TPSA) is 98.5 Å². The van der Waals surface area contributed by atoms with Crippen molar-refractivity contribution in [1.82, 2.24) is 29.0 Å². The van der Waals surface area contributed by atoms with E-state index in [9.17, 15) is 19.2 Å². The number of nitrogens with zero attached hydrogens (tertiary/aromatic N) is 6. The van der Waals surface area contributed by atoms with Crippen LogP contribution in [-0.4, -0.2) is 106 Å². The molecule has 2 aromatic rings. The lowest BCUT2D eigenvalue weighted by Gasteiger charge is -2.32. The smallest absolute Gasteiger partial charge is 0.290 e. The van der Waals surface area contributed by atoms with E-state index in [0.717, 1.165) is 12.8 Å². The zero-order chi connectivity index (χ0) is 20.4. The molecule has 10 nitrogen and oxygen atoms in total. The highest BCUT2D eigenvalue weighted by Crippen LogP contribution is 2.18. The summed E-state index contributed by atoms with van der Waals surface area (Å²) >= 11 is 0. The first-order valence-corrected chi connectivity index (χ1v) is 9.56. The van der Waals surface area contributed by atoms with Crippen molar-refractivity contribution in [2.75, 3.05) is 52.4 Å². The van der Waals surface area contributed by atoms with Gasteiger partial charge < -0.3 is 19.6 Å². The van der Waals surface area contributed by atoms with Crippen LogP contribution >= 0.6 is 0 Å². The molecule has 0 saturated carbocycles. The number of carbonyl (C=O) groups excluding carboxylic acids is 4. The van der Waals surface area contributed by atoms with E-state index in [1.165, 1.54) is 0 Å². The van der Waals surface area contributed by atoms with E-state index in [1.54, 1.807) is 48.4 Å². The van der Waals surface area contributed by atoms with Crippen LogP contribution in [0.2, 0.25) is 0 Å². The Morgan fingerprint density at radius 2 is 1.34 bits per heavy atom. The highest BCUT2D eigenvalue weighted by atomic mass is 16.2. The van der Waals surface area contributed by atoms with Crippen molar-refractivity contribution in [2.24, 2.45) is 0 Å². The second-order valence-electron chi connectivity index (χ2n) is 7.11. The molecule has 0 aromatic carbocycles. The number of rotatable bonds is 4. The lowest BCUT2D eigenvalue weighted by Crippen LogP contribution is -2.48. The van der Waals surface area contributed by atoms with Crippen molar-refractivity contribution in [1.29, 1.82) is 0 Å². The fraction of sp³-hybridized carbons (Fsp3) is 0.421. The molecule has 2 fully saturated rings. The van der Waals surface area contributed by atoms with Crippen molar-refractivity contribution in [3.05, 3.63) is 35.9 Å². The number of piperazine rings is 2. The summed E-state index contributed by atoms with van der Waals surface area (Å²) in [4.78, 5) is 58.9. The van der Waals surface area contributed by atoms with Crippen molar-refractivity contribution in [3.8, 4) is 0 Å². The summed E-state index contributed by atoms with van der Waals surface area (Å²) in [6.45, 7) is 3.63. The summed E-state index contributed by atoms with van der Waals surface area (Å²) in [5.41, 5.74) is 0.810. The van der Waals surface area contributed by atoms with Crippen LogP contribution < -0.4 is 0 Å². The van der Waals surface area contributed by atoms with Gasteiger partial charge in [-0.15, -0.1) is 0 Å². The molecule has 0 atom stereocenters. The molecule has 2 aliphatic heterocycles. The van der Waals surface area contributed by atoms with E-state index < -0.39 is 0 Å². The molecule has 0 spiro atoms. The zero-order valence-electron chi connectivity index (χ0n) is 15.9. The maximum Gasteiger partial charge on any atom is 0.290 e. The van der Waals surface area contributed by atoms with Gasteiger partial charge in [0, 0.05) is 58.6 Å². The van der Waals surface area contributed by atoms with Crippen LogP contribution in [0.3, 0.4) is 0 Å². The van der Waals surface area contributed by atoms with Crippen LogP contribution in [0.15, 0.2) is 24.4 Å². The van der Waals surface area contributed by atoms with Gasteiger partial charge in [0.25, 0.3) is 11.8 Å². The molecule has 0 radical (unpaired) electrons. The standard InChI is InChI=1S/C19H22N6O4/c26-13-21-5-9-23(10-6-21)18(28)16-15-3-1-2-4-25(15)17(20-16)19(29)24-11-7-22(14-27)8-12-24/h1-4,13-14H,5-12H2. The van der Waals surface area contributed by atoms with Gasteiger partial charge >= 0.3 is 0 Å². The highest BCUT2D eigenvalue weighted by molar-refractivity contribution is 6.02. The molecule has 4 heterocycles. The van der Waals surface area contributed by atoms with Crippen molar-refractivity contribution < 1.29 is 19.2 Å². The normalized spacial score (nSPS) is 17.5. The third-order valence-electron chi connectivity index (χ3n) is 5.44. The molecule has 152 valence electrons. The third kappa shape index (κ3) is 3.53. The van der Waals surface area contributed by atoms with Crippen molar-refractivity contribution in [3.63, 3.8) is 0 Å². The second-order valence-corrected chi connectivity index (χ2v) is 7.11. The Morgan fingerprint density at radius 1 is 0.793 bits per heavy atom. The van der Waals surface area contributed by atoms with Gasteiger partial charge in [0.2, 0.25) is 18.6 Å². The van der Waals surface area contributed by atoms with Gasteiger partial charge in [-0.1, -0.05) is 6.07 Å². The molecule has 0 unspecified atom stereocenters. The molecule has 10 heteroatoms. The molecule has 2 aliphatic rings. The molecule has 29 heavy (non-hydrogen) atoms. The minimum atomic E-state index is -0.262. The molecular formula is C19H22N6O4. The minimum Gasteiger partial charge on any atom is -0.342 e. The molecule has 2 saturated heterocycles. The number of hydrogen-bond acceptors (Lipinski definition) is 5. The summed E-state index contributed by atoms with van der Waals surface area (Å²) in [6, 6.07) is 5.35. The van der Waals surface area contributed by atoms with Crippen molar-refractivity contribution >= 4 is 30.2 Å². The van der Waals surface area contributed by atoms with E-state index in [0.29, 0.717) is 57.9 Å². The number of hydrogen-bond donors (Lipinski definition) is 0. The number of carbonyl (C=O) groups is 4. The van der Waals surface area contributed by atoms with E-state index in [4.69, 9.17) is 0 Å². The molecule has 4 amide bonds. The van der Waals surface area contributed by atoms with Gasteiger partial charge in [0.15, 0.2) is 5.69 Å². The Hall–Kier alpha value is -3.43. The summed E-state index contributed by atoms with van der Waals surface area (Å²) in [5.74, 6) is -0.319. The van der Waals surface area contributed by atoms with E-state index in [1.807, 2.05) is 0 Å². The highest BCUT2D eigenvalue weighted by Gasteiger charge is 2.30. The lowest BCUT2D eigenvalue weighted by molar-refractivity contribution is -0.120. The summed E-state index contributed by atoms with van der Waals surface area (Å²) < 4.78 is 1.64. The number of amides is 4. The molecule has 2 aromatic heterocycles. The number of pyridine rings is 1. The first-order chi connectivity index (χ1) is 14.1. The summed E-state index contributed by atoms with van der Waals surface area (Å²) in [6.07, 6.45) is 3.29. The van der Waals surface area contributed by atoms with Crippen molar-refractivity contribution in [2.45, 2.75) is 0 Å². The maximum absolute atomic E-state index is 13.1. The second kappa shape index (κ2) is 7.90. The van der Waals surface area contributed by atoms with Crippen LogP contribution in [0.1, 0.15) is 21.1 Å². The predicted molar refractivity (Wildman–Crippen MR) is 102 cm³/mol. The Morgan fingerprint density at radius 3 is 1.90 bits per heavy atom. The van der Waals surface area contributed by atoms with Gasteiger partial charge in [0.1, 0.15) is 0 Å². The van der Waals surface area contributed by atoms with Crippen LogP contribution in [0.4, 0.5) is 0 Å². The van der Waals surface area contributed by atoms with E-state index in [-0.39, 0.29) is 23.3 Å². The van der Waals surface area contributed by atoms with E-state index in [2.05, 4.69) is 4.98 Å². The van der Waals surface area contributed by atoms with E-state index >= 15 is 0 Å². The molecular weight excluding hydrogens is 376 g/mol. The Labute approximate surface area is 167 Å². The monoisotopic (exact) mass is 398 g/mol. The molecule has 0 N–H and O–H groups in total. The average molecular weight is 398 g/mol.